The summed E-state index contributed by atoms with van der Waals surface area (Å²) in [7, 11) is -3.58. The van der Waals surface area contributed by atoms with Crippen molar-refractivity contribution in [3.8, 4) is 0 Å². The first-order valence-corrected chi connectivity index (χ1v) is 21.5. The van der Waals surface area contributed by atoms with Gasteiger partial charge in [-0.1, -0.05) is 216 Å². The minimum Gasteiger partial charge on any atom is -0.478 e. The van der Waals surface area contributed by atoms with Gasteiger partial charge in [0.25, 0.3) is 11.9 Å². The van der Waals surface area contributed by atoms with E-state index in [2.05, 4.69) is 13.8 Å². The SMILES string of the molecule is CCCCCCCCCCCCCCC(=O)O[Si](OC(=O)CCCCCCCCCCCCCC)(c1ccccc1)c1ccccc1. The molecule has 0 aliphatic rings. The van der Waals surface area contributed by atoms with Crippen LogP contribution in [-0.4, -0.2) is 20.5 Å². The Morgan fingerprint density at radius 1 is 0.404 bits per heavy atom. The lowest BCUT2D eigenvalue weighted by Crippen LogP contribution is -2.65. The highest BCUT2D eigenvalue weighted by Gasteiger charge is 2.49. The second kappa shape index (κ2) is 27.5. The van der Waals surface area contributed by atoms with Crippen LogP contribution in [0.4, 0.5) is 0 Å². The summed E-state index contributed by atoms with van der Waals surface area (Å²) in [5.74, 6) is -0.538. The zero-order valence-corrected chi connectivity index (χ0v) is 31.3. The van der Waals surface area contributed by atoms with E-state index in [1.54, 1.807) is 0 Å². The summed E-state index contributed by atoms with van der Waals surface area (Å²) < 4.78 is 12.7. The molecule has 0 aliphatic carbocycles. The number of carbonyl (C=O) groups excluding carboxylic acids is 2. The number of rotatable bonds is 30. The Morgan fingerprint density at radius 3 is 0.936 bits per heavy atom. The predicted molar refractivity (Wildman–Crippen MR) is 201 cm³/mol. The quantitative estimate of drug-likeness (QED) is 0.0616. The molecule has 0 saturated heterocycles. The predicted octanol–water partition coefficient (Wildman–Crippen LogP) is 11.5. The Kier molecular flexibility index (Phi) is 23.9. The third-order valence-electron chi connectivity index (χ3n) is 9.29. The molecule has 0 N–H and O–H groups in total. The summed E-state index contributed by atoms with van der Waals surface area (Å²) in [5, 5.41) is 1.58. The smallest absolute Gasteiger partial charge is 0.478 e. The highest BCUT2D eigenvalue weighted by atomic mass is 28.4. The molecule has 0 unspecified atom stereocenters. The number of hydrogen-bond acceptors (Lipinski definition) is 4. The average molecular weight is 665 g/mol. The zero-order valence-electron chi connectivity index (χ0n) is 30.3. The topological polar surface area (TPSA) is 52.6 Å². The lowest BCUT2D eigenvalue weighted by atomic mass is 10.0. The van der Waals surface area contributed by atoms with Crippen LogP contribution in [0.15, 0.2) is 60.7 Å². The van der Waals surface area contributed by atoms with Crippen LogP contribution >= 0.6 is 0 Å². The van der Waals surface area contributed by atoms with Gasteiger partial charge in [0, 0.05) is 23.2 Å². The van der Waals surface area contributed by atoms with Crippen molar-refractivity contribution in [2.24, 2.45) is 0 Å². The van der Waals surface area contributed by atoms with Crippen LogP contribution in [0.3, 0.4) is 0 Å². The molecule has 0 aromatic heterocycles. The van der Waals surface area contributed by atoms with Gasteiger partial charge in [-0.25, -0.2) is 0 Å². The first kappa shape index (κ1) is 40.8. The van der Waals surface area contributed by atoms with Gasteiger partial charge < -0.3 is 8.85 Å². The molecular weight excluding hydrogens is 597 g/mol. The summed E-state index contributed by atoms with van der Waals surface area (Å²) in [6, 6.07) is 19.3. The van der Waals surface area contributed by atoms with Gasteiger partial charge in [0.05, 0.1) is 0 Å². The van der Waals surface area contributed by atoms with E-state index in [1.165, 1.54) is 116 Å². The molecule has 0 saturated carbocycles. The van der Waals surface area contributed by atoms with Crippen LogP contribution in [0.2, 0.25) is 0 Å². The molecular formula is C42H68O4Si. The molecule has 0 aliphatic heterocycles. The van der Waals surface area contributed by atoms with E-state index in [9.17, 15) is 9.59 Å². The molecule has 0 heterocycles. The lowest BCUT2D eigenvalue weighted by molar-refractivity contribution is -0.140. The Labute approximate surface area is 290 Å². The minimum atomic E-state index is -3.58. The summed E-state index contributed by atoms with van der Waals surface area (Å²) in [6.45, 7) is 4.53. The van der Waals surface area contributed by atoms with Crippen molar-refractivity contribution in [1.29, 1.82) is 0 Å². The van der Waals surface area contributed by atoms with Crippen LogP contribution in [0, 0.1) is 0 Å². The van der Waals surface area contributed by atoms with Crippen molar-refractivity contribution >= 4 is 30.9 Å². The molecule has 0 bridgehead atoms. The van der Waals surface area contributed by atoms with Gasteiger partial charge >= 0.3 is 8.56 Å². The van der Waals surface area contributed by atoms with E-state index in [0.29, 0.717) is 12.8 Å². The van der Waals surface area contributed by atoms with Crippen LogP contribution in [0.25, 0.3) is 0 Å². The Hall–Kier alpha value is -2.40. The minimum absolute atomic E-state index is 0.269. The van der Waals surface area contributed by atoms with Crippen LogP contribution < -0.4 is 10.4 Å². The number of hydrogen-bond donors (Lipinski definition) is 0. The van der Waals surface area contributed by atoms with E-state index in [0.717, 1.165) is 48.9 Å². The van der Waals surface area contributed by atoms with Gasteiger partial charge in [-0.15, -0.1) is 0 Å². The molecule has 0 radical (unpaired) electrons. The van der Waals surface area contributed by atoms with E-state index in [1.807, 2.05) is 60.7 Å². The molecule has 2 rings (SSSR count). The fraction of sp³-hybridized carbons (Fsp3) is 0.667. The van der Waals surface area contributed by atoms with Crippen LogP contribution in [0.1, 0.15) is 181 Å². The zero-order chi connectivity index (χ0) is 33.7. The van der Waals surface area contributed by atoms with E-state index in [4.69, 9.17) is 8.85 Å². The molecule has 47 heavy (non-hydrogen) atoms. The van der Waals surface area contributed by atoms with Crippen molar-refractivity contribution in [1.82, 2.24) is 0 Å². The standard InChI is InChI=1S/C42H68O4Si/c1-3-5-7-9-11-13-15-17-19-21-23-31-37-41(43)45-47(39-33-27-25-28-34-39,40-35-29-26-30-36-40)46-42(44)38-32-24-22-20-18-16-14-12-10-8-6-4-2/h25-30,33-36H,3-24,31-32,37-38H2,1-2H3. The first-order chi connectivity index (χ1) is 23.1. The second-order valence-electron chi connectivity index (χ2n) is 13.6. The fourth-order valence-corrected chi connectivity index (χ4v) is 9.34. The van der Waals surface area contributed by atoms with Crippen molar-refractivity contribution < 1.29 is 18.4 Å². The maximum Gasteiger partial charge on any atom is 0.534 e. The maximum absolute atomic E-state index is 13.4. The molecule has 0 amide bonds. The van der Waals surface area contributed by atoms with Gasteiger partial charge in [0.15, 0.2) is 0 Å². The van der Waals surface area contributed by atoms with Crippen molar-refractivity contribution in [2.75, 3.05) is 0 Å². The van der Waals surface area contributed by atoms with E-state index >= 15 is 0 Å². The third-order valence-corrected chi connectivity index (χ3v) is 12.5. The van der Waals surface area contributed by atoms with Crippen molar-refractivity contribution in [3.05, 3.63) is 60.7 Å². The van der Waals surface area contributed by atoms with Gasteiger partial charge in [0.1, 0.15) is 0 Å². The Balaban J connectivity index is 1.83. The molecule has 4 nitrogen and oxygen atoms in total. The van der Waals surface area contributed by atoms with Gasteiger partial charge in [-0.2, -0.15) is 0 Å². The summed E-state index contributed by atoms with van der Waals surface area (Å²) in [6.07, 6.45) is 30.6. The molecule has 2 aromatic rings. The Bertz CT molecular complexity index is 942. The van der Waals surface area contributed by atoms with Crippen molar-refractivity contribution in [3.63, 3.8) is 0 Å². The normalized spacial score (nSPS) is 11.4. The van der Waals surface area contributed by atoms with E-state index < -0.39 is 8.56 Å². The monoisotopic (exact) mass is 664 g/mol. The van der Waals surface area contributed by atoms with Crippen LogP contribution in [-0.2, 0) is 18.4 Å². The summed E-state index contributed by atoms with van der Waals surface area (Å²) in [5.41, 5.74) is 0. The first-order valence-electron chi connectivity index (χ1n) is 19.7. The highest BCUT2D eigenvalue weighted by molar-refractivity contribution is 6.94. The molecule has 0 spiro atoms. The molecule has 2 aromatic carbocycles. The van der Waals surface area contributed by atoms with Crippen molar-refractivity contribution in [2.45, 2.75) is 181 Å². The maximum atomic E-state index is 13.4. The highest BCUT2D eigenvalue weighted by Crippen LogP contribution is 2.18. The number of unbranched alkanes of at least 4 members (excludes halogenated alkanes) is 22. The summed E-state index contributed by atoms with van der Waals surface area (Å²) in [4.78, 5) is 26.7. The van der Waals surface area contributed by atoms with Gasteiger partial charge in [-0.3, -0.25) is 9.59 Å². The lowest BCUT2D eigenvalue weighted by Gasteiger charge is -2.30. The number of benzene rings is 2. The Morgan fingerprint density at radius 2 is 0.660 bits per heavy atom. The van der Waals surface area contributed by atoms with Crippen LogP contribution in [0.5, 0.6) is 0 Å². The number of carbonyl (C=O) groups is 2. The van der Waals surface area contributed by atoms with Gasteiger partial charge in [0.2, 0.25) is 0 Å². The molecule has 5 heteroatoms. The van der Waals surface area contributed by atoms with E-state index in [-0.39, 0.29) is 11.9 Å². The third kappa shape index (κ3) is 18.7. The largest absolute Gasteiger partial charge is 0.534 e. The van der Waals surface area contributed by atoms with Gasteiger partial charge in [-0.05, 0) is 12.8 Å². The fourth-order valence-electron chi connectivity index (χ4n) is 6.38. The molecule has 0 atom stereocenters. The second-order valence-corrected chi connectivity index (χ2v) is 16.4. The summed E-state index contributed by atoms with van der Waals surface area (Å²) >= 11 is 0. The molecule has 264 valence electrons. The molecule has 0 fully saturated rings. The average Bonchev–Trinajstić information content (AvgIpc) is 3.09.